The van der Waals surface area contributed by atoms with Crippen LogP contribution in [0.2, 0.25) is 0 Å². The second-order valence-corrected chi connectivity index (χ2v) is 4.19. The molecule has 2 aromatic carbocycles. The van der Waals surface area contributed by atoms with E-state index < -0.39 is 11.6 Å². The highest BCUT2D eigenvalue weighted by atomic mass is 19.1. The van der Waals surface area contributed by atoms with Gasteiger partial charge in [-0.15, -0.1) is 0 Å². The molecule has 1 N–H and O–H groups in total. The summed E-state index contributed by atoms with van der Waals surface area (Å²) in [6, 6.07) is 12.5. The van der Waals surface area contributed by atoms with Crippen LogP contribution >= 0.6 is 0 Å². The Kier molecular flexibility index (Phi) is 4.23. The number of hydrogen-bond acceptors (Lipinski definition) is 1. The van der Waals surface area contributed by atoms with E-state index in [9.17, 15) is 13.6 Å². The molecule has 2 nitrogen and oxygen atoms in total. The minimum Gasteiger partial charge on any atom is -0.326 e. The van der Waals surface area contributed by atoms with Crippen LogP contribution in [0.15, 0.2) is 48.5 Å². The lowest BCUT2D eigenvalue weighted by Crippen LogP contribution is -2.12. The molecule has 4 heteroatoms. The summed E-state index contributed by atoms with van der Waals surface area (Å²) in [5.41, 5.74) is 1.18. The molecule has 0 saturated heterocycles. The zero-order valence-electron chi connectivity index (χ0n) is 10.2. The molecule has 0 atom stereocenters. The summed E-state index contributed by atoms with van der Waals surface area (Å²) in [5.74, 6) is -1.69. The highest BCUT2D eigenvalue weighted by Gasteiger charge is 2.05. The third-order valence-corrected chi connectivity index (χ3v) is 2.63. The van der Waals surface area contributed by atoms with Crippen molar-refractivity contribution < 1.29 is 13.6 Å². The van der Waals surface area contributed by atoms with Gasteiger partial charge in [0.25, 0.3) is 0 Å². The number of anilines is 1. The SMILES string of the molecule is O=C(CCc1ccccc1)Nc1cc(F)cc(F)c1. The van der Waals surface area contributed by atoms with Crippen LogP contribution in [0.3, 0.4) is 0 Å². The number of carbonyl (C=O) groups excluding carboxylic acids is 1. The van der Waals surface area contributed by atoms with Crippen LogP contribution in [0.25, 0.3) is 0 Å². The van der Waals surface area contributed by atoms with Crippen molar-refractivity contribution in [2.24, 2.45) is 0 Å². The number of amides is 1. The Morgan fingerprint density at radius 2 is 1.63 bits per heavy atom. The predicted octanol–water partition coefficient (Wildman–Crippen LogP) is 3.54. The maximum absolute atomic E-state index is 12.9. The van der Waals surface area contributed by atoms with E-state index in [0.717, 1.165) is 23.8 Å². The molecule has 0 fully saturated rings. The maximum atomic E-state index is 12.9. The van der Waals surface area contributed by atoms with E-state index in [1.807, 2.05) is 30.3 Å². The summed E-state index contributed by atoms with van der Waals surface area (Å²) < 4.78 is 25.9. The van der Waals surface area contributed by atoms with E-state index in [4.69, 9.17) is 0 Å². The smallest absolute Gasteiger partial charge is 0.224 e. The van der Waals surface area contributed by atoms with E-state index in [0.29, 0.717) is 6.42 Å². The predicted molar refractivity (Wildman–Crippen MR) is 69.8 cm³/mol. The fourth-order valence-electron chi connectivity index (χ4n) is 1.75. The molecule has 19 heavy (non-hydrogen) atoms. The van der Waals surface area contributed by atoms with Gasteiger partial charge in [-0.25, -0.2) is 8.78 Å². The Morgan fingerprint density at radius 1 is 1.00 bits per heavy atom. The van der Waals surface area contributed by atoms with Crippen molar-refractivity contribution in [1.82, 2.24) is 0 Å². The van der Waals surface area contributed by atoms with Gasteiger partial charge in [0, 0.05) is 18.2 Å². The summed E-state index contributed by atoms with van der Waals surface area (Å²) in [4.78, 5) is 11.7. The van der Waals surface area contributed by atoms with Crippen molar-refractivity contribution in [3.63, 3.8) is 0 Å². The molecule has 0 aromatic heterocycles. The van der Waals surface area contributed by atoms with Gasteiger partial charge >= 0.3 is 0 Å². The molecule has 1 amide bonds. The molecular weight excluding hydrogens is 248 g/mol. The standard InChI is InChI=1S/C15H13F2NO/c16-12-8-13(17)10-14(9-12)18-15(19)7-6-11-4-2-1-3-5-11/h1-5,8-10H,6-7H2,(H,18,19). The topological polar surface area (TPSA) is 29.1 Å². The lowest BCUT2D eigenvalue weighted by Gasteiger charge is -2.05. The van der Waals surface area contributed by atoms with Crippen molar-refractivity contribution in [3.05, 3.63) is 65.7 Å². The first-order valence-electron chi connectivity index (χ1n) is 5.93. The van der Waals surface area contributed by atoms with E-state index in [2.05, 4.69) is 5.32 Å². The number of aryl methyl sites for hydroxylation is 1. The van der Waals surface area contributed by atoms with Crippen molar-refractivity contribution in [2.45, 2.75) is 12.8 Å². The van der Waals surface area contributed by atoms with Crippen LogP contribution in [-0.4, -0.2) is 5.91 Å². The van der Waals surface area contributed by atoms with Crippen LogP contribution in [0.5, 0.6) is 0 Å². The van der Waals surface area contributed by atoms with Crippen LogP contribution in [0.1, 0.15) is 12.0 Å². The molecule has 2 rings (SSSR count). The molecule has 0 aliphatic heterocycles. The Balaban J connectivity index is 1.91. The van der Waals surface area contributed by atoms with Crippen molar-refractivity contribution >= 4 is 11.6 Å². The lowest BCUT2D eigenvalue weighted by molar-refractivity contribution is -0.116. The minimum absolute atomic E-state index is 0.135. The molecule has 2 aromatic rings. The van der Waals surface area contributed by atoms with Gasteiger partial charge in [0.15, 0.2) is 0 Å². The third kappa shape index (κ3) is 4.17. The Labute approximate surface area is 110 Å². The maximum Gasteiger partial charge on any atom is 0.224 e. The van der Waals surface area contributed by atoms with Gasteiger partial charge < -0.3 is 5.32 Å². The zero-order valence-corrected chi connectivity index (χ0v) is 10.2. The molecule has 0 saturated carbocycles. The fourth-order valence-corrected chi connectivity index (χ4v) is 1.75. The largest absolute Gasteiger partial charge is 0.326 e. The summed E-state index contributed by atoms with van der Waals surface area (Å²) in [5, 5.41) is 2.47. The number of halogens is 2. The van der Waals surface area contributed by atoms with E-state index >= 15 is 0 Å². The van der Waals surface area contributed by atoms with Crippen molar-refractivity contribution in [2.75, 3.05) is 5.32 Å². The van der Waals surface area contributed by atoms with Crippen LogP contribution in [-0.2, 0) is 11.2 Å². The Bertz CT molecular complexity index is 549. The second kappa shape index (κ2) is 6.09. The van der Waals surface area contributed by atoms with Gasteiger partial charge in [-0.3, -0.25) is 4.79 Å². The first-order valence-corrected chi connectivity index (χ1v) is 5.93. The van der Waals surface area contributed by atoms with Gasteiger partial charge in [0.05, 0.1) is 0 Å². The van der Waals surface area contributed by atoms with Crippen LogP contribution in [0, 0.1) is 11.6 Å². The average molecular weight is 261 g/mol. The van der Waals surface area contributed by atoms with Gasteiger partial charge in [-0.2, -0.15) is 0 Å². The molecule has 98 valence electrons. The number of nitrogens with one attached hydrogen (secondary N) is 1. The highest BCUT2D eigenvalue weighted by Crippen LogP contribution is 2.13. The van der Waals surface area contributed by atoms with Crippen LogP contribution in [0.4, 0.5) is 14.5 Å². The summed E-state index contributed by atoms with van der Waals surface area (Å²) in [7, 11) is 0. The fraction of sp³-hybridized carbons (Fsp3) is 0.133. The summed E-state index contributed by atoms with van der Waals surface area (Å²) >= 11 is 0. The first-order chi connectivity index (χ1) is 9.13. The van der Waals surface area contributed by atoms with Gasteiger partial charge in [-0.05, 0) is 24.1 Å². The molecule has 0 aliphatic rings. The van der Waals surface area contributed by atoms with Gasteiger partial charge in [-0.1, -0.05) is 30.3 Å². The Morgan fingerprint density at radius 3 is 2.26 bits per heavy atom. The lowest BCUT2D eigenvalue weighted by atomic mass is 10.1. The Hall–Kier alpha value is -2.23. The molecule has 0 spiro atoms. The minimum atomic E-state index is -0.710. The van der Waals surface area contributed by atoms with Gasteiger partial charge in [0.2, 0.25) is 5.91 Å². The van der Waals surface area contributed by atoms with Gasteiger partial charge in [0.1, 0.15) is 11.6 Å². The van der Waals surface area contributed by atoms with Crippen molar-refractivity contribution in [3.8, 4) is 0 Å². The van der Waals surface area contributed by atoms with E-state index in [-0.39, 0.29) is 18.0 Å². The number of benzene rings is 2. The number of carbonyl (C=O) groups is 1. The summed E-state index contributed by atoms with van der Waals surface area (Å²) in [6.45, 7) is 0. The molecule has 0 heterocycles. The normalized spacial score (nSPS) is 10.2. The van der Waals surface area contributed by atoms with Crippen molar-refractivity contribution in [1.29, 1.82) is 0 Å². The quantitative estimate of drug-likeness (QED) is 0.896. The van der Waals surface area contributed by atoms with E-state index in [1.54, 1.807) is 0 Å². The second-order valence-electron chi connectivity index (χ2n) is 4.19. The number of hydrogen-bond donors (Lipinski definition) is 1. The van der Waals surface area contributed by atoms with E-state index in [1.165, 1.54) is 0 Å². The highest BCUT2D eigenvalue weighted by molar-refractivity contribution is 5.90. The molecule has 0 aliphatic carbocycles. The van der Waals surface area contributed by atoms with Crippen LogP contribution < -0.4 is 5.32 Å². The molecule has 0 bridgehead atoms. The molecular formula is C15H13F2NO. The third-order valence-electron chi connectivity index (χ3n) is 2.63. The molecule has 0 unspecified atom stereocenters. The first kappa shape index (κ1) is 13.2. The average Bonchev–Trinajstić information content (AvgIpc) is 2.36. The zero-order chi connectivity index (χ0) is 13.7. The number of rotatable bonds is 4. The monoisotopic (exact) mass is 261 g/mol. The summed E-state index contributed by atoms with van der Waals surface area (Å²) in [6.07, 6.45) is 0.854. The molecule has 0 radical (unpaired) electrons.